The number of aliphatic carboxylic acids is 1. The molecule has 1 aliphatic carbocycles. The minimum Gasteiger partial charge on any atom is -0.480 e. The highest BCUT2D eigenvalue weighted by molar-refractivity contribution is 5.74. The lowest BCUT2D eigenvalue weighted by molar-refractivity contribution is -0.141. The topological polar surface area (TPSA) is 83.5 Å². The number of carboxylic acids is 1. The average molecular weight is 201 g/mol. The zero-order valence-corrected chi connectivity index (χ0v) is 9.11. The molecule has 4 nitrogen and oxygen atoms in total. The second kappa shape index (κ2) is 2.94. The Morgan fingerprint density at radius 1 is 1.29 bits per heavy atom. The third-order valence-corrected chi connectivity index (χ3v) is 4.13. The zero-order valence-electron chi connectivity index (χ0n) is 9.11. The molecule has 82 valence electrons. The molecule has 0 heterocycles. The Hall–Kier alpha value is -0.610. The summed E-state index contributed by atoms with van der Waals surface area (Å²) in [6.07, 6.45) is -0.961. The van der Waals surface area contributed by atoms with Crippen LogP contribution in [0.3, 0.4) is 0 Å². The molecule has 0 bridgehead atoms. The molecule has 14 heavy (non-hydrogen) atoms. The van der Waals surface area contributed by atoms with Crippen LogP contribution in [0.5, 0.6) is 0 Å². The Morgan fingerprint density at radius 2 is 1.64 bits per heavy atom. The highest BCUT2D eigenvalue weighted by Crippen LogP contribution is 2.69. The molecule has 2 atom stereocenters. The first-order valence-electron chi connectivity index (χ1n) is 4.80. The van der Waals surface area contributed by atoms with Gasteiger partial charge in [-0.2, -0.15) is 0 Å². The summed E-state index contributed by atoms with van der Waals surface area (Å²) in [4.78, 5) is 10.6. The van der Waals surface area contributed by atoms with Crippen molar-refractivity contribution in [2.75, 3.05) is 0 Å². The largest absolute Gasteiger partial charge is 0.480 e. The number of hydrogen-bond donors (Lipinski definition) is 3. The van der Waals surface area contributed by atoms with Gasteiger partial charge in [0.25, 0.3) is 0 Å². The van der Waals surface area contributed by atoms with Gasteiger partial charge >= 0.3 is 5.97 Å². The molecule has 4 N–H and O–H groups in total. The van der Waals surface area contributed by atoms with Crippen molar-refractivity contribution in [1.29, 1.82) is 0 Å². The van der Waals surface area contributed by atoms with Crippen molar-refractivity contribution in [3.8, 4) is 0 Å². The summed E-state index contributed by atoms with van der Waals surface area (Å²) in [7, 11) is 0. The Labute approximate surface area is 84.1 Å². The fourth-order valence-electron chi connectivity index (χ4n) is 2.45. The van der Waals surface area contributed by atoms with Gasteiger partial charge in [-0.05, 0) is 16.7 Å². The number of aliphatic hydroxyl groups is 1. The van der Waals surface area contributed by atoms with Crippen molar-refractivity contribution >= 4 is 5.97 Å². The number of nitrogens with two attached hydrogens (primary N) is 1. The van der Waals surface area contributed by atoms with Crippen molar-refractivity contribution in [1.82, 2.24) is 0 Å². The number of aliphatic hydroxyl groups excluding tert-OH is 1. The van der Waals surface area contributed by atoms with E-state index in [0.29, 0.717) is 0 Å². The smallest absolute Gasteiger partial charge is 0.323 e. The van der Waals surface area contributed by atoms with Crippen LogP contribution in [0.1, 0.15) is 27.7 Å². The molecule has 0 aromatic rings. The van der Waals surface area contributed by atoms with E-state index in [4.69, 9.17) is 10.8 Å². The van der Waals surface area contributed by atoms with Crippen molar-refractivity contribution in [3.63, 3.8) is 0 Å². The van der Waals surface area contributed by atoms with Crippen LogP contribution in [-0.4, -0.2) is 28.3 Å². The molecule has 1 aliphatic rings. The lowest BCUT2D eigenvalue weighted by Crippen LogP contribution is -2.44. The SMILES string of the molecule is CC1(C)C(C(O)C(N)C(=O)O)C1(C)C. The van der Waals surface area contributed by atoms with Crippen molar-refractivity contribution < 1.29 is 15.0 Å². The Morgan fingerprint density at radius 3 is 1.86 bits per heavy atom. The molecular formula is C10H19NO3. The van der Waals surface area contributed by atoms with E-state index in [1.165, 1.54) is 0 Å². The fourth-order valence-corrected chi connectivity index (χ4v) is 2.45. The molecule has 4 heteroatoms. The van der Waals surface area contributed by atoms with E-state index >= 15 is 0 Å². The van der Waals surface area contributed by atoms with Gasteiger partial charge in [-0.3, -0.25) is 4.79 Å². The maximum atomic E-state index is 10.6. The molecule has 0 aromatic carbocycles. The van der Waals surface area contributed by atoms with Gasteiger partial charge in [0.1, 0.15) is 6.04 Å². The quantitative estimate of drug-likeness (QED) is 0.618. The minimum atomic E-state index is -1.18. The van der Waals surface area contributed by atoms with E-state index in [1.54, 1.807) is 0 Å². The Bertz CT molecular complexity index is 246. The van der Waals surface area contributed by atoms with Gasteiger partial charge in [-0.25, -0.2) is 0 Å². The van der Waals surface area contributed by atoms with E-state index in [2.05, 4.69) is 0 Å². The van der Waals surface area contributed by atoms with Gasteiger partial charge in [0.05, 0.1) is 6.10 Å². The Kier molecular flexibility index (Phi) is 2.41. The first-order valence-corrected chi connectivity index (χ1v) is 4.80. The van der Waals surface area contributed by atoms with Crippen LogP contribution in [0.4, 0.5) is 0 Å². The van der Waals surface area contributed by atoms with Gasteiger partial charge in [0, 0.05) is 0 Å². The highest BCUT2D eigenvalue weighted by atomic mass is 16.4. The molecule has 1 rings (SSSR count). The van der Waals surface area contributed by atoms with Gasteiger partial charge < -0.3 is 15.9 Å². The van der Waals surface area contributed by atoms with E-state index in [9.17, 15) is 9.90 Å². The standard InChI is InChI=1S/C10H19NO3/c1-9(2)7(10(9,3)4)6(12)5(11)8(13)14/h5-7,12H,11H2,1-4H3,(H,13,14). The first-order chi connectivity index (χ1) is 6.14. The van der Waals surface area contributed by atoms with E-state index < -0.39 is 18.1 Å². The summed E-state index contributed by atoms with van der Waals surface area (Å²) in [6.45, 7) is 8.09. The summed E-state index contributed by atoms with van der Waals surface area (Å²) < 4.78 is 0. The van der Waals surface area contributed by atoms with Crippen LogP contribution in [0, 0.1) is 16.7 Å². The summed E-state index contributed by atoms with van der Waals surface area (Å²) in [5.74, 6) is -1.18. The van der Waals surface area contributed by atoms with Gasteiger partial charge in [0.15, 0.2) is 0 Å². The van der Waals surface area contributed by atoms with Crippen LogP contribution >= 0.6 is 0 Å². The molecular weight excluding hydrogens is 182 g/mol. The summed E-state index contributed by atoms with van der Waals surface area (Å²) in [6, 6.07) is -1.18. The van der Waals surface area contributed by atoms with Crippen molar-refractivity contribution in [3.05, 3.63) is 0 Å². The maximum Gasteiger partial charge on any atom is 0.323 e. The molecule has 0 spiro atoms. The summed E-state index contributed by atoms with van der Waals surface area (Å²) >= 11 is 0. The highest BCUT2D eigenvalue weighted by Gasteiger charge is 2.68. The molecule has 2 unspecified atom stereocenters. The first kappa shape index (κ1) is 11.5. The van der Waals surface area contributed by atoms with Crippen LogP contribution in [0.25, 0.3) is 0 Å². The molecule has 1 saturated carbocycles. The zero-order chi connectivity index (χ0) is 11.3. The van der Waals surface area contributed by atoms with E-state index in [-0.39, 0.29) is 16.7 Å². The number of rotatable bonds is 3. The Balaban J connectivity index is 2.75. The van der Waals surface area contributed by atoms with Crippen LogP contribution in [-0.2, 0) is 4.79 Å². The number of carboxylic acid groups (broad SMARTS) is 1. The van der Waals surface area contributed by atoms with Crippen LogP contribution in [0.15, 0.2) is 0 Å². The second-order valence-corrected chi connectivity index (χ2v) is 5.28. The number of carbonyl (C=O) groups is 1. The molecule has 0 aromatic heterocycles. The molecule has 0 radical (unpaired) electrons. The van der Waals surface area contributed by atoms with Crippen LogP contribution < -0.4 is 5.73 Å². The summed E-state index contributed by atoms with van der Waals surface area (Å²) in [5, 5.41) is 18.5. The maximum absolute atomic E-state index is 10.6. The van der Waals surface area contributed by atoms with Crippen molar-refractivity contribution in [2.45, 2.75) is 39.8 Å². The molecule has 0 saturated heterocycles. The molecule has 0 aliphatic heterocycles. The van der Waals surface area contributed by atoms with Gasteiger partial charge in [-0.15, -0.1) is 0 Å². The predicted molar refractivity (Wildman–Crippen MR) is 52.7 cm³/mol. The van der Waals surface area contributed by atoms with E-state index in [0.717, 1.165) is 0 Å². The van der Waals surface area contributed by atoms with Gasteiger partial charge in [-0.1, -0.05) is 27.7 Å². The number of hydrogen-bond acceptors (Lipinski definition) is 3. The fraction of sp³-hybridized carbons (Fsp3) is 0.900. The van der Waals surface area contributed by atoms with Gasteiger partial charge in [0.2, 0.25) is 0 Å². The third kappa shape index (κ3) is 1.33. The third-order valence-electron chi connectivity index (χ3n) is 4.13. The van der Waals surface area contributed by atoms with Crippen LogP contribution in [0.2, 0.25) is 0 Å². The molecule has 0 amide bonds. The summed E-state index contributed by atoms with van der Waals surface area (Å²) in [5.41, 5.74) is 5.31. The van der Waals surface area contributed by atoms with Crippen molar-refractivity contribution in [2.24, 2.45) is 22.5 Å². The molecule has 1 fully saturated rings. The lowest BCUT2D eigenvalue weighted by Gasteiger charge is -2.16. The predicted octanol–water partition coefficient (Wildman–Crippen LogP) is 0.441. The lowest BCUT2D eigenvalue weighted by atomic mass is 10.0. The average Bonchev–Trinajstić information content (AvgIpc) is 2.40. The second-order valence-electron chi connectivity index (χ2n) is 5.28. The monoisotopic (exact) mass is 201 g/mol. The normalized spacial score (nSPS) is 28.1. The van der Waals surface area contributed by atoms with E-state index in [1.807, 2.05) is 27.7 Å². The minimum absolute atomic E-state index is 0.0406.